The predicted octanol–water partition coefficient (Wildman–Crippen LogP) is 3.10. The van der Waals surface area contributed by atoms with Gasteiger partial charge >= 0.3 is 0 Å². The predicted molar refractivity (Wildman–Crippen MR) is 67.8 cm³/mol. The monoisotopic (exact) mass is 220 g/mol. The summed E-state index contributed by atoms with van der Waals surface area (Å²) in [6, 6.07) is 4.08. The largest absolute Gasteiger partial charge is 0.493 e. The minimum Gasteiger partial charge on any atom is -0.493 e. The Morgan fingerprint density at radius 3 is 2.38 bits per heavy atom. The molecule has 0 fully saturated rings. The van der Waals surface area contributed by atoms with Crippen LogP contribution in [0.1, 0.15) is 30.0 Å². The van der Waals surface area contributed by atoms with Crippen molar-refractivity contribution in [3.63, 3.8) is 0 Å². The van der Waals surface area contributed by atoms with E-state index in [9.17, 15) is 0 Å². The molecule has 2 heteroatoms. The fourth-order valence-electron chi connectivity index (χ4n) is 1.70. The molecule has 0 spiro atoms. The molecule has 0 radical (unpaired) electrons. The molecule has 1 rings (SSSR count). The number of allylic oxidation sites excluding steroid dienone is 1. The summed E-state index contributed by atoms with van der Waals surface area (Å²) in [7, 11) is 0. The molecule has 0 amide bonds. The highest BCUT2D eigenvalue weighted by atomic mass is 16.5. The summed E-state index contributed by atoms with van der Waals surface area (Å²) in [5, 5.41) is 8.68. The van der Waals surface area contributed by atoms with Crippen molar-refractivity contribution in [3.05, 3.63) is 34.9 Å². The van der Waals surface area contributed by atoms with Crippen LogP contribution in [0.15, 0.2) is 18.2 Å². The summed E-state index contributed by atoms with van der Waals surface area (Å²) >= 11 is 0. The molecule has 16 heavy (non-hydrogen) atoms. The van der Waals surface area contributed by atoms with Crippen LogP contribution in [-0.2, 0) is 0 Å². The van der Waals surface area contributed by atoms with Crippen LogP contribution < -0.4 is 4.74 Å². The first-order chi connectivity index (χ1) is 7.69. The SMILES string of the molecule is C/C=C/c1c(C)cc(OCCCO)cc1C. The highest BCUT2D eigenvalue weighted by Gasteiger charge is 2.03. The average Bonchev–Trinajstić information content (AvgIpc) is 2.24. The molecule has 0 aliphatic carbocycles. The van der Waals surface area contributed by atoms with Crippen LogP contribution in [0.5, 0.6) is 5.75 Å². The fraction of sp³-hybridized carbons (Fsp3) is 0.429. The molecule has 0 saturated heterocycles. The van der Waals surface area contributed by atoms with Crippen molar-refractivity contribution in [3.8, 4) is 5.75 Å². The van der Waals surface area contributed by atoms with Crippen molar-refractivity contribution in [1.82, 2.24) is 0 Å². The van der Waals surface area contributed by atoms with E-state index in [4.69, 9.17) is 9.84 Å². The first-order valence-electron chi connectivity index (χ1n) is 5.66. The van der Waals surface area contributed by atoms with Crippen LogP contribution >= 0.6 is 0 Å². The van der Waals surface area contributed by atoms with Gasteiger partial charge in [0.25, 0.3) is 0 Å². The molecule has 88 valence electrons. The van der Waals surface area contributed by atoms with Crippen LogP contribution in [0.4, 0.5) is 0 Å². The minimum absolute atomic E-state index is 0.175. The van der Waals surface area contributed by atoms with Crippen molar-refractivity contribution in [2.45, 2.75) is 27.2 Å². The van der Waals surface area contributed by atoms with Crippen molar-refractivity contribution in [2.75, 3.05) is 13.2 Å². The van der Waals surface area contributed by atoms with Crippen molar-refractivity contribution >= 4 is 6.08 Å². The topological polar surface area (TPSA) is 29.5 Å². The van der Waals surface area contributed by atoms with Crippen LogP contribution in [0, 0.1) is 13.8 Å². The lowest BCUT2D eigenvalue weighted by Crippen LogP contribution is -2.00. The first kappa shape index (κ1) is 12.8. The third kappa shape index (κ3) is 3.38. The van der Waals surface area contributed by atoms with Crippen LogP contribution in [-0.4, -0.2) is 18.3 Å². The lowest BCUT2D eigenvalue weighted by Gasteiger charge is -2.10. The van der Waals surface area contributed by atoms with Crippen molar-refractivity contribution < 1.29 is 9.84 Å². The maximum Gasteiger partial charge on any atom is 0.119 e. The van der Waals surface area contributed by atoms with E-state index in [1.54, 1.807) is 0 Å². The zero-order valence-electron chi connectivity index (χ0n) is 10.3. The molecule has 0 heterocycles. The maximum absolute atomic E-state index is 8.68. The van der Waals surface area contributed by atoms with Gasteiger partial charge in [-0.15, -0.1) is 0 Å². The molecule has 0 saturated carbocycles. The number of hydrogen-bond acceptors (Lipinski definition) is 2. The number of rotatable bonds is 5. The quantitative estimate of drug-likeness (QED) is 0.773. The number of benzene rings is 1. The molecule has 0 unspecified atom stereocenters. The Balaban J connectivity index is 2.83. The summed E-state index contributed by atoms with van der Waals surface area (Å²) in [5.41, 5.74) is 3.70. The van der Waals surface area contributed by atoms with Crippen molar-refractivity contribution in [2.24, 2.45) is 0 Å². The van der Waals surface area contributed by atoms with Gasteiger partial charge in [-0.2, -0.15) is 0 Å². The summed E-state index contributed by atoms with van der Waals surface area (Å²) in [4.78, 5) is 0. The Morgan fingerprint density at radius 2 is 1.88 bits per heavy atom. The number of hydrogen-bond donors (Lipinski definition) is 1. The number of ether oxygens (including phenoxy) is 1. The molecular formula is C14H20O2. The molecule has 2 nitrogen and oxygen atoms in total. The number of aliphatic hydroxyl groups excluding tert-OH is 1. The lowest BCUT2D eigenvalue weighted by molar-refractivity contribution is 0.233. The Hall–Kier alpha value is -1.28. The summed E-state index contributed by atoms with van der Waals surface area (Å²) < 4.78 is 5.56. The third-order valence-electron chi connectivity index (χ3n) is 2.47. The fourth-order valence-corrected chi connectivity index (χ4v) is 1.70. The summed E-state index contributed by atoms with van der Waals surface area (Å²) in [5.74, 6) is 0.886. The molecule has 1 aromatic rings. The second-order valence-corrected chi connectivity index (χ2v) is 3.90. The Morgan fingerprint density at radius 1 is 1.25 bits per heavy atom. The van der Waals surface area contributed by atoms with Crippen LogP contribution in [0.3, 0.4) is 0 Å². The molecule has 1 aromatic carbocycles. The Bertz CT molecular complexity index is 344. The first-order valence-corrected chi connectivity index (χ1v) is 5.66. The Labute approximate surface area is 97.6 Å². The average molecular weight is 220 g/mol. The van der Waals surface area contributed by atoms with Crippen LogP contribution in [0.2, 0.25) is 0 Å². The second-order valence-electron chi connectivity index (χ2n) is 3.90. The molecular weight excluding hydrogens is 200 g/mol. The minimum atomic E-state index is 0.175. The number of aryl methyl sites for hydroxylation is 2. The van der Waals surface area contributed by atoms with E-state index < -0.39 is 0 Å². The van der Waals surface area contributed by atoms with E-state index in [-0.39, 0.29) is 6.61 Å². The Kier molecular flexibility index (Phi) is 5.06. The maximum atomic E-state index is 8.68. The van der Waals surface area contributed by atoms with Gasteiger partial charge in [-0.05, 0) is 49.6 Å². The smallest absolute Gasteiger partial charge is 0.119 e. The van der Waals surface area contributed by atoms with Gasteiger partial charge in [0.05, 0.1) is 6.61 Å². The second kappa shape index (κ2) is 6.33. The number of aliphatic hydroxyl groups is 1. The summed E-state index contributed by atoms with van der Waals surface area (Å²) in [6.45, 7) is 6.93. The van der Waals surface area contributed by atoms with Crippen LogP contribution in [0.25, 0.3) is 6.08 Å². The van der Waals surface area contributed by atoms with Gasteiger partial charge in [-0.25, -0.2) is 0 Å². The van der Waals surface area contributed by atoms with E-state index in [1.165, 1.54) is 16.7 Å². The van der Waals surface area contributed by atoms with E-state index in [2.05, 4.69) is 19.9 Å². The zero-order chi connectivity index (χ0) is 12.0. The standard InChI is InChI=1S/C14H20O2/c1-4-6-14-11(2)9-13(10-12(14)3)16-8-5-7-15/h4,6,9-10,15H,5,7-8H2,1-3H3/b6-4+. The molecule has 0 atom stereocenters. The lowest BCUT2D eigenvalue weighted by atomic mass is 10.0. The van der Waals surface area contributed by atoms with Gasteiger partial charge in [0.2, 0.25) is 0 Å². The van der Waals surface area contributed by atoms with Gasteiger partial charge in [0, 0.05) is 13.0 Å². The summed E-state index contributed by atoms with van der Waals surface area (Å²) in [6.07, 6.45) is 4.83. The van der Waals surface area contributed by atoms with E-state index in [0.717, 1.165) is 5.75 Å². The van der Waals surface area contributed by atoms with Crippen molar-refractivity contribution in [1.29, 1.82) is 0 Å². The normalized spacial score (nSPS) is 11.0. The highest BCUT2D eigenvalue weighted by molar-refractivity contribution is 5.59. The van der Waals surface area contributed by atoms with Gasteiger partial charge in [-0.3, -0.25) is 0 Å². The highest BCUT2D eigenvalue weighted by Crippen LogP contribution is 2.23. The molecule has 0 aliphatic rings. The zero-order valence-corrected chi connectivity index (χ0v) is 10.3. The van der Waals surface area contributed by atoms with Gasteiger partial charge in [0.1, 0.15) is 5.75 Å². The van der Waals surface area contributed by atoms with E-state index in [0.29, 0.717) is 13.0 Å². The van der Waals surface area contributed by atoms with E-state index in [1.807, 2.05) is 25.1 Å². The van der Waals surface area contributed by atoms with Gasteiger partial charge in [-0.1, -0.05) is 12.2 Å². The van der Waals surface area contributed by atoms with E-state index >= 15 is 0 Å². The molecule has 0 bridgehead atoms. The molecule has 0 aliphatic heterocycles. The van der Waals surface area contributed by atoms with Gasteiger partial charge in [0.15, 0.2) is 0 Å². The van der Waals surface area contributed by atoms with Gasteiger partial charge < -0.3 is 9.84 Å². The third-order valence-corrected chi connectivity index (χ3v) is 2.47. The molecule has 1 N–H and O–H groups in total. The molecule has 0 aromatic heterocycles.